The second-order valence-electron chi connectivity index (χ2n) is 13.4. The summed E-state index contributed by atoms with van der Waals surface area (Å²) in [4.78, 5) is 0. The van der Waals surface area contributed by atoms with Crippen LogP contribution in [0.3, 0.4) is 0 Å². The summed E-state index contributed by atoms with van der Waals surface area (Å²) in [5.74, 6) is -1.20. The zero-order valence-electron chi connectivity index (χ0n) is 37.9. The first-order chi connectivity index (χ1) is 28.4. The van der Waals surface area contributed by atoms with Gasteiger partial charge in [-0.05, 0) is 52.8 Å². The number of alkyl halides is 3. The second kappa shape index (κ2) is 45.9. The van der Waals surface area contributed by atoms with E-state index in [0.717, 1.165) is 30.6 Å². The van der Waals surface area contributed by atoms with Crippen LogP contribution in [-0.2, 0) is 70.5 Å². The van der Waals surface area contributed by atoms with Gasteiger partial charge in [-0.1, -0.05) is 103 Å². The van der Waals surface area contributed by atoms with Crippen LogP contribution in [0.4, 0.5) is 0 Å². The molecule has 4 rings (SSSR count). The average molecular weight is 1260 g/mol. The summed E-state index contributed by atoms with van der Waals surface area (Å²) in [6.07, 6.45) is 1.77. The van der Waals surface area contributed by atoms with Crippen LogP contribution in [0.2, 0.25) is 0 Å². The summed E-state index contributed by atoms with van der Waals surface area (Å²) in [6.45, 7) is 15.4. The van der Waals surface area contributed by atoms with Crippen molar-refractivity contribution in [1.82, 2.24) is 0 Å². The minimum atomic E-state index is -2.23. The van der Waals surface area contributed by atoms with Crippen LogP contribution in [0.15, 0.2) is 0 Å². The molecule has 9 atom stereocenters. The van der Waals surface area contributed by atoms with E-state index in [4.69, 9.17) is 91.7 Å². The lowest BCUT2D eigenvalue weighted by atomic mass is 10.3. The van der Waals surface area contributed by atoms with Gasteiger partial charge < -0.3 is 91.3 Å². The van der Waals surface area contributed by atoms with E-state index in [9.17, 15) is 13.7 Å². The summed E-state index contributed by atoms with van der Waals surface area (Å²) in [6, 6.07) is -1.38. The molecule has 4 saturated heterocycles. The van der Waals surface area contributed by atoms with Gasteiger partial charge in [0.1, 0.15) is 21.4 Å². The number of rotatable bonds is 13. The molecule has 0 aromatic heterocycles. The Hall–Kier alpha value is 2.79. The highest BCUT2D eigenvalue weighted by molar-refractivity contribution is 9.09. The van der Waals surface area contributed by atoms with Crippen molar-refractivity contribution < 1.29 is 91.3 Å². The third-order valence-corrected chi connectivity index (χ3v) is 12.9. The molecule has 0 aromatic rings. The van der Waals surface area contributed by atoms with Crippen LogP contribution in [-0.4, -0.2) is 207 Å². The van der Waals surface area contributed by atoms with Crippen molar-refractivity contribution in [3.63, 3.8) is 0 Å². The summed E-state index contributed by atoms with van der Waals surface area (Å²) in [7, 11) is 0.446. The number of ether oxygens (including phenoxy) is 12. The normalized spacial score (nSPS) is 25.3. The molecule has 0 radical (unpaired) electrons. The average Bonchev–Trinajstić information content (AvgIpc) is 4.06. The maximum absolute atomic E-state index is 11.4. The van der Waals surface area contributed by atoms with Gasteiger partial charge in [0.25, 0.3) is 13.0 Å². The fourth-order valence-electron chi connectivity index (χ4n) is 3.75. The SMILES string of the molecule is C.CCC1COC(P(C)(C)=O)O1.CCC1COC(P(C)(C)=O)O1.CO.COC(OC)OC.COC1OCC(CBr)O1.CP(C)(=O)C1OCC(CBr)O1.ClP(Cl)Cl.O.OCC(O)CBr. The van der Waals surface area contributed by atoms with Gasteiger partial charge in [0.05, 0.1) is 63.6 Å². The molecule has 0 aromatic carbocycles. The van der Waals surface area contributed by atoms with Crippen molar-refractivity contribution in [3.05, 3.63) is 0 Å². The van der Waals surface area contributed by atoms with Crippen molar-refractivity contribution in [3.8, 4) is 0 Å². The Bertz CT molecular complexity index is 1040. The largest absolute Gasteiger partial charge is 0.412 e. The minimum Gasteiger partial charge on any atom is -0.412 e. The molecule has 19 nitrogen and oxygen atoms in total. The third-order valence-electron chi connectivity index (χ3n) is 6.86. The highest BCUT2D eigenvalue weighted by atomic mass is 79.9. The Labute approximate surface area is 417 Å². The number of aliphatic hydroxyl groups excluding tert-OH is 3. The Balaban J connectivity index is -0.000000152. The molecule has 4 heterocycles. The lowest BCUT2D eigenvalue weighted by Gasteiger charge is -2.14. The van der Waals surface area contributed by atoms with E-state index < -0.39 is 64.6 Å². The molecule has 0 amide bonds. The van der Waals surface area contributed by atoms with E-state index in [0.29, 0.717) is 31.8 Å². The van der Waals surface area contributed by atoms with E-state index in [2.05, 4.69) is 62.0 Å². The van der Waals surface area contributed by atoms with Crippen molar-refractivity contribution in [2.75, 3.05) is 125 Å². The molecule has 390 valence electrons. The summed E-state index contributed by atoms with van der Waals surface area (Å²) in [5, 5.41) is 25.4. The van der Waals surface area contributed by atoms with Gasteiger partial charge in [-0.15, -0.1) is 0 Å². The second-order valence-corrected chi connectivity index (χ2v) is 30.2. The van der Waals surface area contributed by atoms with Crippen molar-refractivity contribution in [1.29, 1.82) is 0 Å². The zero-order valence-corrected chi connectivity index (χ0v) is 48.5. The molecule has 63 heavy (non-hydrogen) atoms. The lowest BCUT2D eigenvalue weighted by molar-refractivity contribution is -0.252. The van der Waals surface area contributed by atoms with E-state index >= 15 is 0 Å². The number of methoxy groups -OCH3 is 4. The van der Waals surface area contributed by atoms with Crippen LogP contribution in [0.5, 0.6) is 0 Å². The van der Waals surface area contributed by atoms with E-state index in [1.807, 2.05) is 13.8 Å². The van der Waals surface area contributed by atoms with Crippen LogP contribution < -0.4 is 0 Å². The Morgan fingerprint density at radius 3 is 1.05 bits per heavy atom. The molecule has 4 aliphatic rings. The molecular weight excluding hydrogens is 1180 g/mol. The molecule has 9 unspecified atom stereocenters. The molecule has 0 aliphatic carbocycles. The van der Waals surface area contributed by atoms with Gasteiger partial charge in [0, 0.05) is 51.5 Å². The van der Waals surface area contributed by atoms with Crippen LogP contribution in [0.25, 0.3) is 0 Å². The zero-order chi connectivity index (χ0) is 48.4. The molecular formula is C34H78Br3Cl3O19P4. The van der Waals surface area contributed by atoms with E-state index in [1.165, 1.54) is 21.3 Å². The Morgan fingerprint density at radius 1 is 0.635 bits per heavy atom. The van der Waals surface area contributed by atoms with Crippen molar-refractivity contribution in [2.24, 2.45) is 0 Å². The fourth-order valence-corrected chi connectivity index (χ4v) is 7.36. The molecule has 0 spiro atoms. The van der Waals surface area contributed by atoms with E-state index in [-0.39, 0.29) is 43.9 Å². The van der Waals surface area contributed by atoms with Gasteiger partial charge in [0.2, 0.25) is 18.1 Å². The molecule has 0 bridgehead atoms. The number of aliphatic hydroxyl groups is 3. The molecule has 29 heteroatoms. The topological polar surface area (TPSA) is 254 Å². The first kappa shape index (κ1) is 77.3. The molecule has 0 saturated carbocycles. The number of hydrogen-bond acceptors (Lipinski definition) is 18. The maximum Gasteiger partial charge on any atom is 0.271 e. The summed E-state index contributed by atoms with van der Waals surface area (Å²) in [5.41, 5.74) is 0. The van der Waals surface area contributed by atoms with Gasteiger partial charge in [-0.3, -0.25) is 0 Å². The van der Waals surface area contributed by atoms with Gasteiger partial charge in [-0.25, -0.2) is 0 Å². The van der Waals surface area contributed by atoms with Crippen LogP contribution >= 0.6 is 109 Å². The van der Waals surface area contributed by atoms with E-state index in [1.54, 1.807) is 47.1 Å². The predicted molar refractivity (Wildman–Crippen MR) is 267 cm³/mol. The quantitative estimate of drug-likeness (QED) is 0.0893. The molecule has 4 fully saturated rings. The summed E-state index contributed by atoms with van der Waals surface area (Å²) < 4.78 is 94.9. The summed E-state index contributed by atoms with van der Waals surface area (Å²) >= 11 is 24.1. The standard InChI is InChI=1S/2C7H15O3P.C6H12BrO3P.C5H9BrO3.C4H10O3.C3H7BrO2.CH4O.CH4.Cl3P.H2O/c2*1-4-6-5-9-7(10-6)11(2,3)8;1-11(2,8)6-9-4-5(3-7)10-6;1-7-5-8-3-4(2-6)9-5;1-5-4(6-2)7-3;4-1-3(6)2-5;1-2;;1-4(2)3;/h2*6-7H,4-5H2,1-3H3;5-6H,3-4H2,1-2H3;4-5H,2-3H2,1H3;4H,1-3H3;3,5-6H,1-2H2;2H,1H3;1H4;;1H2. The monoisotopic (exact) mass is 1260 g/mol. The number of hydrogen-bond donors (Lipinski definition) is 3. The Morgan fingerprint density at radius 2 is 0.921 bits per heavy atom. The fraction of sp³-hybridized carbons (Fsp3) is 1.00. The highest BCUT2D eigenvalue weighted by Gasteiger charge is 2.35. The smallest absolute Gasteiger partial charge is 0.271 e. The maximum atomic E-state index is 11.4. The number of halogens is 6. The van der Waals surface area contributed by atoms with Crippen LogP contribution in [0, 0.1) is 0 Å². The highest BCUT2D eigenvalue weighted by Crippen LogP contribution is 2.51. The van der Waals surface area contributed by atoms with Crippen molar-refractivity contribution in [2.45, 2.75) is 95.7 Å². The first-order valence-corrected chi connectivity index (χ1v) is 33.8. The minimum absolute atomic E-state index is 0. The molecule has 4 aliphatic heterocycles. The first-order valence-electron chi connectivity index (χ1n) is 18.4. The third kappa shape index (κ3) is 43.3. The van der Waals surface area contributed by atoms with Gasteiger partial charge in [-0.2, -0.15) is 0 Å². The lowest BCUT2D eigenvalue weighted by Crippen LogP contribution is -2.14. The molecule has 5 N–H and O–H groups in total. The van der Waals surface area contributed by atoms with Crippen LogP contribution in [0.1, 0.15) is 34.1 Å². The van der Waals surface area contributed by atoms with Gasteiger partial charge in [0.15, 0.2) is 5.98 Å². The van der Waals surface area contributed by atoms with Crippen molar-refractivity contribution >= 4 is 109 Å². The Kier molecular flexibility index (Phi) is 56.3. The predicted octanol–water partition coefficient (Wildman–Crippen LogP) is 8.16. The van der Waals surface area contributed by atoms with Gasteiger partial charge >= 0.3 is 0 Å².